The summed E-state index contributed by atoms with van der Waals surface area (Å²) < 4.78 is 91.5. The van der Waals surface area contributed by atoms with Crippen molar-refractivity contribution in [2.24, 2.45) is 0 Å². The average molecular weight is 281 g/mol. The van der Waals surface area contributed by atoms with Gasteiger partial charge in [-0.3, -0.25) is 4.84 Å². The number of hydrogen-bond donors (Lipinski definition) is 0. The highest BCUT2D eigenvalue weighted by Gasteiger charge is 2.77. The minimum atomic E-state index is -5.61. The van der Waals surface area contributed by atoms with Crippen LogP contribution in [0.3, 0.4) is 0 Å². The van der Waals surface area contributed by atoms with Crippen LogP contribution in [0, 0.1) is 0 Å². The van der Waals surface area contributed by atoms with Crippen molar-refractivity contribution in [3.05, 3.63) is 12.2 Å². The fraction of sp³-hybridized carbons (Fsp3) is 0.778. The summed E-state index contributed by atoms with van der Waals surface area (Å²) >= 11 is 0. The molecular weight excluding hydrogens is 271 g/mol. The molecule has 0 radical (unpaired) electrons. The smallest absolute Gasteiger partial charge is 0.267 e. The molecule has 1 aliphatic carbocycles. The summed E-state index contributed by atoms with van der Waals surface area (Å²) in [5.41, 5.74) is 0. The van der Waals surface area contributed by atoms with Crippen molar-refractivity contribution in [1.29, 1.82) is 0 Å². The average Bonchev–Trinajstić information content (AvgIpc) is 2.30. The maximum Gasteiger partial charge on any atom is 0.368 e. The number of hydrogen-bond acceptors (Lipinski definition) is 2. The van der Waals surface area contributed by atoms with Crippen molar-refractivity contribution in [2.45, 2.75) is 37.2 Å². The van der Waals surface area contributed by atoms with Crippen LogP contribution in [0.5, 0.6) is 0 Å². The van der Waals surface area contributed by atoms with E-state index < -0.39 is 35.7 Å². The second kappa shape index (κ2) is 4.69. The van der Waals surface area contributed by atoms with Crippen molar-refractivity contribution in [2.75, 3.05) is 6.61 Å². The molecule has 0 saturated carbocycles. The van der Waals surface area contributed by atoms with E-state index in [1.165, 1.54) is 6.92 Å². The summed E-state index contributed by atoms with van der Waals surface area (Å²) in [7, 11) is 0. The van der Waals surface area contributed by atoms with Gasteiger partial charge in [-0.25, -0.2) is 8.78 Å². The van der Waals surface area contributed by atoms with Crippen LogP contribution in [-0.4, -0.2) is 35.7 Å². The minimum Gasteiger partial charge on any atom is -0.267 e. The molecule has 18 heavy (non-hydrogen) atoms. The van der Waals surface area contributed by atoms with Gasteiger partial charge in [0.1, 0.15) is 0 Å². The van der Waals surface area contributed by atoms with Gasteiger partial charge in [0.15, 0.2) is 6.17 Å². The Bertz CT molecular complexity index is 335. The number of allylic oxidation sites excluding steroid dienone is 1. The van der Waals surface area contributed by atoms with E-state index in [1.54, 1.807) is 0 Å². The second-order valence-corrected chi connectivity index (χ2v) is 3.71. The molecule has 2 nitrogen and oxygen atoms in total. The molecule has 2 atom stereocenters. The summed E-state index contributed by atoms with van der Waals surface area (Å²) in [6.45, 7) is 0.955. The zero-order chi connectivity index (χ0) is 14.2. The predicted molar refractivity (Wildman–Crippen MR) is 47.0 cm³/mol. The summed E-state index contributed by atoms with van der Waals surface area (Å²) in [6, 6.07) is 0. The molecule has 0 aromatic rings. The van der Waals surface area contributed by atoms with Gasteiger partial charge in [0.05, 0.1) is 6.61 Å². The zero-order valence-electron chi connectivity index (χ0n) is 9.15. The van der Waals surface area contributed by atoms with Gasteiger partial charge < -0.3 is 0 Å². The van der Waals surface area contributed by atoms with Crippen molar-refractivity contribution in [1.82, 2.24) is 5.29 Å². The molecule has 0 aromatic heterocycles. The summed E-state index contributed by atoms with van der Waals surface area (Å²) in [4.78, 5) is 3.90. The number of hydroxylamine groups is 1. The van der Waals surface area contributed by atoms with Crippen LogP contribution in [0.4, 0.5) is 30.8 Å². The number of rotatable bonds is 4. The van der Waals surface area contributed by atoms with Crippen LogP contribution in [0.2, 0.25) is 0 Å². The Labute approximate surface area is 97.9 Å². The van der Waals surface area contributed by atoms with Crippen LogP contribution in [0.15, 0.2) is 12.2 Å². The Morgan fingerprint density at radius 1 is 1.22 bits per heavy atom. The third-order valence-electron chi connectivity index (χ3n) is 2.36. The van der Waals surface area contributed by atoms with E-state index in [0.717, 1.165) is 0 Å². The third-order valence-corrected chi connectivity index (χ3v) is 2.36. The highest BCUT2D eigenvalue weighted by molar-refractivity contribution is 5.21. The molecule has 106 valence electrons. The quantitative estimate of drug-likeness (QED) is 0.257. The first kappa shape index (κ1) is 15.2. The predicted octanol–water partition coefficient (Wildman–Crippen LogP) is 3.36. The molecule has 0 aromatic carbocycles. The van der Waals surface area contributed by atoms with Gasteiger partial charge >= 0.3 is 17.6 Å². The van der Waals surface area contributed by atoms with Crippen molar-refractivity contribution < 1.29 is 35.7 Å². The van der Waals surface area contributed by atoms with E-state index in [0.29, 0.717) is 0 Å². The van der Waals surface area contributed by atoms with Crippen molar-refractivity contribution in [3.8, 4) is 0 Å². The van der Waals surface area contributed by atoms with Gasteiger partial charge in [-0.2, -0.15) is 17.6 Å². The lowest BCUT2D eigenvalue weighted by Gasteiger charge is -2.41. The summed E-state index contributed by atoms with van der Waals surface area (Å²) in [6.07, 6.45) is -3.76. The maximum atomic E-state index is 13.7. The van der Waals surface area contributed by atoms with E-state index in [9.17, 15) is 30.8 Å². The first-order valence-corrected chi connectivity index (χ1v) is 4.98. The molecule has 0 amide bonds. The maximum absolute atomic E-state index is 13.7. The first-order chi connectivity index (χ1) is 8.11. The molecule has 0 spiro atoms. The molecule has 1 rings (SSSR count). The Balaban J connectivity index is 3.10. The lowest BCUT2D eigenvalue weighted by Crippen LogP contribution is -2.66. The molecule has 1 aliphatic rings. The molecule has 9 heteroatoms. The van der Waals surface area contributed by atoms with Crippen molar-refractivity contribution >= 4 is 0 Å². The Hall–Kier alpha value is -0.830. The summed E-state index contributed by atoms with van der Waals surface area (Å²) in [5.74, 6) is -15.6. The fourth-order valence-electron chi connectivity index (χ4n) is 1.28. The van der Waals surface area contributed by atoms with E-state index in [2.05, 4.69) is 4.84 Å². The first-order valence-electron chi connectivity index (χ1n) is 4.98. The normalized spacial score (nSPS) is 33.9. The van der Waals surface area contributed by atoms with Crippen LogP contribution in [-0.2, 0) is 4.84 Å². The highest BCUT2D eigenvalue weighted by Crippen LogP contribution is 2.52. The molecule has 0 saturated heterocycles. The van der Waals surface area contributed by atoms with Crippen LogP contribution in [0.1, 0.15) is 13.3 Å². The molecule has 0 fully saturated rings. The van der Waals surface area contributed by atoms with E-state index in [4.69, 9.17) is 0 Å². The van der Waals surface area contributed by atoms with Gasteiger partial charge in [0.2, 0.25) is 0 Å². The van der Waals surface area contributed by atoms with E-state index in [-0.39, 0.29) is 18.6 Å². The molecule has 0 N–H and O–H groups in total. The fourth-order valence-corrected chi connectivity index (χ4v) is 1.28. The number of alkyl halides is 6. The standard InChI is InChI=1S/C9H10F7NO/c1-2-5-18-17(16)7(11)4-3-6(10)8(12,13)9(7,14)15/h3-4,6H,2,5H2,1H3. The molecular formula is C9H10F7NO. The SMILES string of the molecule is CCCON(F)C1(F)C=CC(F)C(F)(F)C1(F)F. The van der Waals surface area contributed by atoms with Gasteiger partial charge in [-0.1, -0.05) is 6.92 Å². The molecule has 0 aliphatic heterocycles. The van der Waals surface area contributed by atoms with Gasteiger partial charge in [0.25, 0.3) is 0 Å². The van der Waals surface area contributed by atoms with E-state index >= 15 is 0 Å². The van der Waals surface area contributed by atoms with Crippen LogP contribution < -0.4 is 0 Å². The molecule has 2 unspecified atom stereocenters. The number of nitrogens with zero attached hydrogens (tertiary/aromatic N) is 1. The monoisotopic (exact) mass is 281 g/mol. The zero-order valence-corrected chi connectivity index (χ0v) is 9.15. The van der Waals surface area contributed by atoms with Gasteiger partial charge in [0, 0.05) is 5.29 Å². The molecule has 0 heterocycles. The Morgan fingerprint density at radius 2 is 1.78 bits per heavy atom. The Morgan fingerprint density at radius 3 is 2.28 bits per heavy atom. The minimum absolute atomic E-state index is 0.133. The van der Waals surface area contributed by atoms with Gasteiger partial charge in [-0.05, 0) is 18.6 Å². The van der Waals surface area contributed by atoms with Crippen LogP contribution in [0.25, 0.3) is 0 Å². The van der Waals surface area contributed by atoms with Gasteiger partial charge in [-0.15, -0.1) is 4.48 Å². The highest BCUT2D eigenvalue weighted by atomic mass is 19.3. The van der Waals surface area contributed by atoms with E-state index in [1.807, 2.05) is 0 Å². The summed E-state index contributed by atoms with van der Waals surface area (Å²) in [5, 5.41) is -1.51. The lowest BCUT2D eigenvalue weighted by molar-refractivity contribution is -0.425. The number of halogens is 7. The lowest BCUT2D eigenvalue weighted by atomic mass is 9.91. The largest absolute Gasteiger partial charge is 0.368 e. The van der Waals surface area contributed by atoms with Crippen LogP contribution >= 0.6 is 0 Å². The molecule has 0 bridgehead atoms. The topological polar surface area (TPSA) is 12.5 Å². The Kier molecular flexibility index (Phi) is 3.97. The van der Waals surface area contributed by atoms with Crippen molar-refractivity contribution in [3.63, 3.8) is 0 Å². The second-order valence-electron chi connectivity index (χ2n) is 3.71. The third kappa shape index (κ3) is 1.99.